The first-order valence-electron chi connectivity index (χ1n) is 12.0. The highest BCUT2D eigenvalue weighted by molar-refractivity contribution is 5.94. The highest BCUT2D eigenvalue weighted by Gasteiger charge is 2.57. The molecule has 2 heterocycles. The van der Waals surface area contributed by atoms with Gasteiger partial charge in [-0.2, -0.15) is 4.98 Å². The zero-order valence-corrected chi connectivity index (χ0v) is 19.0. The average molecular weight is 468 g/mol. The summed E-state index contributed by atoms with van der Waals surface area (Å²) in [7, 11) is 1.68. The Bertz CT molecular complexity index is 1450. The number of nitrogens with two attached hydrogens (primary N) is 1. The van der Waals surface area contributed by atoms with Crippen LogP contribution in [0.1, 0.15) is 49.4 Å². The second kappa shape index (κ2) is 7.11. The van der Waals surface area contributed by atoms with Gasteiger partial charge in [0.05, 0.1) is 24.7 Å². The number of aromatic nitrogens is 4. The molecule has 3 aromatic rings. The van der Waals surface area contributed by atoms with Crippen LogP contribution in [0.15, 0.2) is 23.1 Å². The van der Waals surface area contributed by atoms with Crippen molar-refractivity contribution in [1.29, 1.82) is 0 Å². The van der Waals surface area contributed by atoms with Crippen molar-refractivity contribution in [3.8, 4) is 0 Å². The predicted molar refractivity (Wildman–Crippen MR) is 123 cm³/mol. The van der Waals surface area contributed by atoms with Gasteiger partial charge >= 0.3 is 5.69 Å². The lowest BCUT2D eigenvalue weighted by molar-refractivity contribution is -0.127. The molecule has 4 bridgehead atoms. The summed E-state index contributed by atoms with van der Waals surface area (Å²) in [5.74, 6) is -1.39. The molecule has 178 valence electrons. The number of fused-ring (bicyclic) bond motifs is 1. The molecule has 4 aliphatic rings. The average Bonchev–Trinajstić information content (AvgIpc) is 3.04. The molecule has 2 aromatic heterocycles. The zero-order valence-electron chi connectivity index (χ0n) is 20.0. The van der Waals surface area contributed by atoms with E-state index >= 15 is 0 Å². The van der Waals surface area contributed by atoms with E-state index in [1.165, 1.54) is 16.7 Å². The Labute approximate surface area is 196 Å². The third-order valence-corrected chi connectivity index (χ3v) is 8.10. The number of carbonyl (C=O) groups excluding carboxylic acids is 1. The van der Waals surface area contributed by atoms with Gasteiger partial charge in [-0.05, 0) is 74.5 Å². The lowest BCUT2D eigenvalue weighted by atomic mass is 9.51. The molecule has 0 spiro atoms. The number of imidazole rings is 1. The number of rotatable bonds is 4. The fraction of sp³-hybridized carbons (Fsp3) is 0.500. The Morgan fingerprint density at radius 2 is 2.03 bits per heavy atom. The molecule has 0 saturated heterocycles. The fourth-order valence-electron chi connectivity index (χ4n) is 6.72. The van der Waals surface area contributed by atoms with E-state index in [1.54, 1.807) is 24.7 Å². The van der Waals surface area contributed by atoms with E-state index in [-0.39, 0.29) is 29.0 Å². The van der Waals surface area contributed by atoms with Crippen LogP contribution in [0, 0.1) is 30.5 Å². The van der Waals surface area contributed by atoms with Crippen molar-refractivity contribution in [2.45, 2.75) is 50.6 Å². The number of aliphatic hydroxyl groups is 1. The molecular weight excluding hydrogens is 439 g/mol. The van der Waals surface area contributed by atoms with Crippen LogP contribution in [-0.4, -0.2) is 36.2 Å². The maximum absolute atomic E-state index is 14.4. The van der Waals surface area contributed by atoms with E-state index in [1.807, 2.05) is 0 Å². The second-order valence-electron chi connectivity index (χ2n) is 10.2. The van der Waals surface area contributed by atoms with Gasteiger partial charge in [-0.1, -0.05) is 0 Å². The number of benzene rings is 1. The number of nitrogens with one attached hydrogen (secondary N) is 1. The van der Waals surface area contributed by atoms with E-state index in [9.17, 15) is 19.1 Å². The summed E-state index contributed by atoms with van der Waals surface area (Å²) in [4.78, 5) is 33.9. The third kappa shape index (κ3) is 2.94. The molecule has 4 saturated carbocycles. The van der Waals surface area contributed by atoms with Crippen molar-refractivity contribution in [3.63, 3.8) is 0 Å². The van der Waals surface area contributed by atoms with Crippen molar-refractivity contribution in [1.82, 2.24) is 19.1 Å². The maximum atomic E-state index is 14.4. The summed E-state index contributed by atoms with van der Waals surface area (Å²) >= 11 is 0. The van der Waals surface area contributed by atoms with Gasteiger partial charge in [-0.15, -0.1) is 0 Å². The van der Waals surface area contributed by atoms with Crippen LogP contribution in [0.2, 0.25) is 0 Å². The quantitative estimate of drug-likeness (QED) is 0.540. The van der Waals surface area contributed by atoms with E-state index < -0.39 is 23.3 Å². The van der Waals surface area contributed by atoms with Gasteiger partial charge in [0.2, 0.25) is 5.95 Å². The van der Waals surface area contributed by atoms with Crippen molar-refractivity contribution in [2.24, 2.45) is 30.5 Å². The number of hydrogen-bond donors (Lipinski definition) is 3. The smallest absolute Gasteiger partial charge is 0.330 e. The standard InChI is InChI=1S/C24H27FN6O3/c1-11-3-15(20(26)33)16(25)6-17(11)28-22-27-10-18-21(29-22)31(23(34)30(18)2)24-7-12-4-13(8-24)19(32)14(5-12)9-24/h3,6,10,12-14,19,32H,4-5,7-9H2,1-2H3,(H2,26,33)(H,27,28,29)/i19D. The summed E-state index contributed by atoms with van der Waals surface area (Å²) < 4.78 is 26.2. The molecule has 4 N–H and O–H groups in total. The molecule has 7 rings (SSSR count). The minimum absolute atomic E-state index is 0.176. The van der Waals surface area contributed by atoms with Crippen LogP contribution in [0.4, 0.5) is 16.0 Å². The lowest BCUT2D eigenvalue weighted by Crippen LogP contribution is -2.59. The van der Waals surface area contributed by atoms with Gasteiger partial charge < -0.3 is 16.2 Å². The van der Waals surface area contributed by atoms with Crippen LogP contribution in [0.5, 0.6) is 0 Å². The second-order valence-corrected chi connectivity index (χ2v) is 10.2. The SMILES string of the molecule is [2H]C1(O)C2CC3CC1CC(n1c(=O)n(C)c4cnc(Nc5cc(F)c(C(N)=O)cc5C)nc41)(C3)C2. The highest BCUT2D eigenvalue weighted by atomic mass is 19.1. The molecule has 34 heavy (non-hydrogen) atoms. The van der Waals surface area contributed by atoms with Crippen molar-refractivity contribution in [2.75, 3.05) is 5.32 Å². The summed E-state index contributed by atoms with van der Waals surface area (Å²) in [5.41, 5.74) is 6.35. The largest absolute Gasteiger partial charge is 0.393 e. The summed E-state index contributed by atoms with van der Waals surface area (Å²) in [6.45, 7) is 1.71. The number of hydrogen-bond acceptors (Lipinski definition) is 6. The number of amides is 1. The van der Waals surface area contributed by atoms with Gasteiger partial charge in [-0.25, -0.2) is 14.2 Å². The first-order valence-corrected chi connectivity index (χ1v) is 11.5. The van der Waals surface area contributed by atoms with E-state index in [0.717, 1.165) is 19.3 Å². The van der Waals surface area contributed by atoms with Crippen LogP contribution in [0.3, 0.4) is 0 Å². The molecular formula is C24H27FN6O3. The monoisotopic (exact) mass is 467 g/mol. The number of halogens is 1. The number of aryl methyl sites for hydroxylation is 2. The molecule has 10 heteroatoms. The summed E-state index contributed by atoms with van der Waals surface area (Å²) in [6, 6.07) is 2.55. The number of nitrogens with zero attached hydrogens (tertiary/aromatic N) is 4. The van der Waals surface area contributed by atoms with Gasteiger partial charge in [0.1, 0.15) is 11.3 Å². The zero-order chi connectivity index (χ0) is 24.9. The first kappa shape index (κ1) is 20.1. The molecule has 4 fully saturated rings. The Morgan fingerprint density at radius 1 is 1.32 bits per heavy atom. The molecule has 1 aromatic carbocycles. The normalized spacial score (nSPS) is 32.2. The minimum atomic E-state index is -1.45. The lowest BCUT2D eigenvalue weighted by Gasteiger charge is -2.58. The van der Waals surface area contributed by atoms with Crippen molar-refractivity contribution in [3.05, 3.63) is 45.8 Å². The van der Waals surface area contributed by atoms with E-state index in [0.29, 0.717) is 41.2 Å². The van der Waals surface area contributed by atoms with Crippen LogP contribution < -0.4 is 16.7 Å². The molecule has 0 aliphatic heterocycles. The van der Waals surface area contributed by atoms with Gasteiger partial charge in [-0.3, -0.25) is 13.9 Å². The predicted octanol–water partition coefficient (Wildman–Crippen LogP) is 2.32. The molecule has 1 amide bonds. The topological polar surface area (TPSA) is 128 Å². The molecule has 9 nitrogen and oxygen atoms in total. The van der Waals surface area contributed by atoms with Crippen LogP contribution in [-0.2, 0) is 12.6 Å². The van der Waals surface area contributed by atoms with Gasteiger partial charge in [0.25, 0.3) is 5.91 Å². The van der Waals surface area contributed by atoms with E-state index in [2.05, 4.69) is 15.3 Å². The minimum Gasteiger partial charge on any atom is -0.393 e. The van der Waals surface area contributed by atoms with Crippen molar-refractivity contribution >= 4 is 28.7 Å². The van der Waals surface area contributed by atoms with Crippen LogP contribution >= 0.6 is 0 Å². The van der Waals surface area contributed by atoms with Crippen LogP contribution in [0.25, 0.3) is 11.2 Å². The Hall–Kier alpha value is -3.27. The number of primary amides is 1. The van der Waals surface area contributed by atoms with E-state index in [4.69, 9.17) is 7.10 Å². The number of anilines is 2. The van der Waals surface area contributed by atoms with Gasteiger partial charge in [0.15, 0.2) is 5.65 Å². The Balaban J connectivity index is 1.44. The Morgan fingerprint density at radius 3 is 2.71 bits per heavy atom. The third-order valence-electron chi connectivity index (χ3n) is 8.10. The van der Waals surface area contributed by atoms with Crippen molar-refractivity contribution < 1.29 is 15.7 Å². The summed E-state index contributed by atoms with van der Waals surface area (Å²) in [6.07, 6.45) is 3.68. The maximum Gasteiger partial charge on any atom is 0.330 e. The first-order chi connectivity index (χ1) is 16.5. The molecule has 2 atom stereocenters. The molecule has 0 radical (unpaired) electrons. The van der Waals surface area contributed by atoms with Gasteiger partial charge in [0, 0.05) is 12.7 Å². The summed E-state index contributed by atoms with van der Waals surface area (Å²) in [5, 5.41) is 13.8. The number of carbonyl (C=O) groups is 1. The molecule has 2 unspecified atom stereocenters. The molecule has 4 aliphatic carbocycles. The Kier molecular flexibility index (Phi) is 4.21. The fourth-order valence-corrected chi connectivity index (χ4v) is 6.72. The highest BCUT2D eigenvalue weighted by Crippen LogP contribution is 2.58.